The van der Waals surface area contributed by atoms with E-state index in [0.717, 1.165) is 31.2 Å². The average molecular weight is 727 g/mol. The largest absolute Gasteiger partial charge is 0.494 e. The number of ether oxygens (including phenoxy) is 2. The standard InChI is InChI=1S/C34H31Br2ClN2O4/c35-26-14-10-23(11-15-26)22-34(33(41)38-19-18-24-6-1-4-9-30(24)37)31(28-7-2-3-8-29(28)36)43-32(39-34)25-12-16-27(17-13-25)42-21-5-20-40/h1-4,6-17,31,40H,5,18-22H2,(H,38,41)/t31-,34-/m1/s1. The molecule has 6 nitrogen and oxygen atoms in total. The molecule has 1 amide bonds. The molecule has 43 heavy (non-hydrogen) atoms. The summed E-state index contributed by atoms with van der Waals surface area (Å²) in [5.74, 6) is 0.819. The lowest BCUT2D eigenvalue weighted by Crippen LogP contribution is -2.50. The van der Waals surface area contributed by atoms with Crippen LogP contribution in [0.4, 0.5) is 0 Å². The quantitative estimate of drug-likeness (QED) is 0.149. The molecule has 0 spiro atoms. The topological polar surface area (TPSA) is 80.2 Å². The summed E-state index contributed by atoms with van der Waals surface area (Å²) >= 11 is 13.6. The van der Waals surface area contributed by atoms with Crippen LogP contribution in [-0.2, 0) is 22.4 Å². The van der Waals surface area contributed by atoms with Crippen molar-refractivity contribution in [2.75, 3.05) is 19.8 Å². The summed E-state index contributed by atoms with van der Waals surface area (Å²) in [6.07, 6.45) is 0.739. The molecule has 2 N–H and O–H groups in total. The molecule has 0 bridgehead atoms. The Morgan fingerprint density at radius 1 is 0.977 bits per heavy atom. The summed E-state index contributed by atoms with van der Waals surface area (Å²) in [5.41, 5.74) is 2.16. The number of aliphatic hydroxyl groups is 1. The molecule has 4 aromatic rings. The number of benzene rings is 4. The lowest BCUT2D eigenvalue weighted by atomic mass is 9.82. The number of amides is 1. The molecule has 9 heteroatoms. The highest BCUT2D eigenvalue weighted by Gasteiger charge is 2.53. The SMILES string of the molecule is O=C(NCCc1ccccc1Cl)[C@]1(Cc2ccc(Br)cc2)N=C(c2ccc(OCCCO)cc2)O[C@@H]1c1ccccc1Br. The van der Waals surface area contributed by atoms with Crippen molar-refractivity contribution in [2.45, 2.75) is 30.9 Å². The lowest BCUT2D eigenvalue weighted by Gasteiger charge is -2.31. The van der Waals surface area contributed by atoms with Crippen molar-refractivity contribution >= 4 is 55.3 Å². The van der Waals surface area contributed by atoms with Gasteiger partial charge in [-0.2, -0.15) is 0 Å². The van der Waals surface area contributed by atoms with Crippen molar-refractivity contribution in [1.29, 1.82) is 0 Å². The van der Waals surface area contributed by atoms with Crippen LogP contribution in [0.3, 0.4) is 0 Å². The van der Waals surface area contributed by atoms with Gasteiger partial charge in [0, 0.05) is 51.1 Å². The van der Waals surface area contributed by atoms with Crippen LogP contribution in [-0.4, -0.2) is 42.2 Å². The molecule has 0 unspecified atom stereocenters. The predicted molar refractivity (Wildman–Crippen MR) is 177 cm³/mol. The maximum atomic E-state index is 14.4. The normalized spacial score (nSPS) is 17.7. The maximum Gasteiger partial charge on any atom is 0.252 e. The lowest BCUT2D eigenvalue weighted by molar-refractivity contribution is -0.128. The summed E-state index contributed by atoms with van der Waals surface area (Å²) in [6.45, 7) is 0.875. The Balaban J connectivity index is 1.52. The van der Waals surface area contributed by atoms with E-state index in [-0.39, 0.29) is 12.5 Å². The Morgan fingerprint density at radius 2 is 1.70 bits per heavy atom. The van der Waals surface area contributed by atoms with E-state index in [2.05, 4.69) is 37.2 Å². The Kier molecular flexibility index (Phi) is 10.6. The van der Waals surface area contributed by atoms with Gasteiger partial charge in [0.05, 0.1) is 6.61 Å². The monoisotopic (exact) mass is 724 g/mol. The van der Waals surface area contributed by atoms with E-state index in [1.165, 1.54) is 0 Å². The van der Waals surface area contributed by atoms with Crippen LogP contribution in [0, 0.1) is 0 Å². The van der Waals surface area contributed by atoms with Gasteiger partial charge < -0.3 is 19.9 Å². The molecule has 0 saturated carbocycles. The zero-order valence-electron chi connectivity index (χ0n) is 23.3. The molecule has 2 atom stereocenters. The highest BCUT2D eigenvalue weighted by atomic mass is 79.9. The minimum Gasteiger partial charge on any atom is -0.494 e. The van der Waals surface area contributed by atoms with E-state index in [0.29, 0.717) is 49.1 Å². The molecule has 1 aliphatic heterocycles. The molecular weight excluding hydrogens is 696 g/mol. The summed E-state index contributed by atoms with van der Waals surface area (Å²) in [6, 6.07) is 30.7. The van der Waals surface area contributed by atoms with Crippen LogP contribution in [0.15, 0.2) is 111 Å². The molecule has 0 aromatic heterocycles. The molecule has 222 valence electrons. The van der Waals surface area contributed by atoms with Gasteiger partial charge in [0.1, 0.15) is 5.75 Å². The first-order valence-electron chi connectivity index (χ1n) is 14.0. The van der Waals surface area contributed by atoms with Gasteiger partial charge in [-0.05, 0) is 66.1 Å². The highest BCUT2D eigenvalue weighted by Crippen LogP contribution is 2.44. The molecule has 0 aliphatic carbocycles. The number of aliphatic hydroxyl groups excluding tert-OH is 1. The van der Waals surface area contributed by atoms with E-state index >= 15 is 0 Å². The molecular formula is C34H31Br2ClN2O4. The second-order valence-corrected chi connectivity index (χ2v) is 12.4. The van der Waals surface area contributed by atoms with Crippen LogP contribution in [0.1, 0.15) is 34.8 Å². The minimum absolute atomic E-state index is 0.0695. The van der Waals surface area contributed by atoms with Crippen LogP contribution in [0.5, 0.6) is 5.75 Å². The first-order chi connectivity index (χ1) is 20.9. The van der Waals surface area contributed by atoms with Crippen molar-refractivity contribution in [1.82, 2.24) is 5.32 Å². The summed E-state index contributed by atoms with van der Waals surface area (Å²) < 4.78 is 14.1. The van der Waals surface area contributed by atoms with Gasteiger partial charge in [-0.25, -0.2) is 4.99 Å². The van der Waals surface area contributed by atoms with E-state index in [1.54, 1.807) is 0 Å². The Morgan fingerprint density at radius 3 is 2.42 bits per heavy atom. The van der Waals surface area contributed by atoms with Crippen LogP contribution >= 0.6 is 43.5 Å². The van der Waals surface area contributed by atoms with E-state index in [1.807, 2.05) is 97.1 Å². The molecule has 0 fully saturated rings. The van der Waals surface area contributed by atoms with Gasteiger partial charge in [-0.15, -0.1) is 0 Å². The van der Waals surface area contributed by atoms with Crippen molar-refractivity contribution in [2.24, 2.45) is 4.99 Å². The number of halogens is 3. The Bertz CT molecular complexity index is 1580. The van der Waals surface area contributed by atoms with Gasteiger partial charge in [-0.1, -0.05) is 92.0 Å². The van der Waals surface area contributed by atoms with Crippen molar-refractivity contribution in [3.8, 4) is 5.75 Å². The number of carbonyl (C=O) groups excluding carboxylic acids is 1. The molecule has 0 saturated heterocycles. The zero-order chi connectivity index (χ0) is 30.2. The fraction of sp³-hybridized carbons (Fsp3) is 0.235. The molecule has 0 radical (unpaired) electrons. The minimum atomic E-state index is -1.30. The number of aliphatic imine (C=N–C) groups is 1. The third-order valence-corrected chi connectivity index (χ3v) is 8.86. The van der Waals surface area contributed by atoms with E-state index in [9.17, 15) is 4.79 Å². The number of carbonyl (C=O) groups is 1. The summed E-state index contributed by atoms with van der Waals surface area (Å²) in [4.78, 5) is 19.5. The molecule has 5 rings (SSSR count). The van der Waals surface area contributed by atoms with Gasteiger partial charge in [-0.3, -0.25) is 4.79 Å². The zero-order valence-corrected chi connectivity index (χ0v) is 27.2. The third-order valence-electron chi connectivity index (χ3n) is 7.24. The molecule has 1 heterocycles. The van der Waals surface area contributed by atoms with Crippen LogP contribution in [0.25, 0.3) is 0 Å². The Hall–Kier alpha value is -3.17. The van der Waals surface area contributed by atoms with Crippen molar-refractivity contribution in [3.05, 3.63) is 133 Å². The van der Waals surface area contributed by atoms with E-state index in [4.69, 9.17) is 31.2 Å². The summed E-state index contributed by atoms with van der Waals surface area (Å²) in [7, 11) is 0. The second kappa shape index (κ2) is 14.5. The Labute approximate surface area is 273 Å². The summed E-state index contributed by atoms with van der Waals surface area (Å²) in [5, 5.41) is 12.9. The second-order valence-electron chi connectivity index (χ2n) is 10.2. The van der Waals surface area contributed by atoms with Gasteiger partial charge in [0.2, 0.25) is 5.90 Å². The first kappa shape index (κ1) is 31.3. The molecule has 1 aliphatic rings. The van der Waals surface area contributed by atoms with Crippen molar-refractivity contribution in [3.63, 3.8) is 0 Å². The fourth-order valence-electron chi connectivity index (χ4n) is 5.03. The van der Waals surface area contributed by atoms with Crippen LogP contribution in [0.2, 0.25) is 5.02 Å². The first-order valence-corrected chi connectivity index (χ1v) is 16.0. The van der Waals surface area contributed by atoms with Crippen molar-refractivity contribution < 1.29 is 19.4 Å². The highest BCUT2D eigenvalue weighted by molar-refractivity contribution is 9.10. The molecule has 4 aromatic carbocycles. The number of rotatable bonds is 12. The van der Waals surface area contributed by atoms with Crippen LogP contribution < -0.4 is 10.1 Å². The smallest absolute Gasteiger partial charge is 0.252 e. The maximum absolute atomic E-state index is 14.4. The fourth-order valence-corrected chi connectivity index (χ4v) is 6.01. The van der Waals surface area contributed by atoms with E-state index < -0.39 is 11.6 Å². The number of nitrogens with one attached hydrogen (secondary N) is 1. The average Bonchev–Trinajstić information content (AvgIpc) is 3.40. The predicted octanol–water partition coefficient (Wildman–Crippen LogP) is 7.48. The van der Waals surface area contributed by atoms with Gasteiger partial charge in [0.25, 0.3) is 5.91 Å². The number of hydrogen-bond donors (Lipinski definition) is 2. The van der Waals surface area contributed by atoms with Gasteiger partial charge in [0.15, 0.2) is 11.6 Å². The number of hydrogen-bond acceptors (Lipinski definition) is 5. The number of nitrogens with zero attached hydrogens (tertiary/aromatic N) is 1. The third kappa shape index (κ3) is 7.50. The van der Waals surface area contributed by atoms with Gasteiger partial charge >= 0.3 is 0 Å².